The molecular weight excluding hydrogens is 392 g/mol. The standard InChI is InChI=1S/C23H32N6O2/c1-14-5-3-4-6-18(14)12-26-23-27-13-20(29(30)31)22(28-23)25-11-17-8-16-7-15(2)21(24)19(9-16)10-17/h3-6,13,15-17,19,21H,7-12,24H2,1-2H3,(H2,25,26,27,28)/t15-,16?,17-,19-,21+/m1/s1. The number of hydrogen-bond acceptors (Lipinski definition) is 7. The summed E-state index contributed by atoms with van der Waals surface area (Å²) >= 11 is 0. The second-order valence-corrected chi connectivity index (χ2v) is 9.34. The minimum Gasteiger partial charge on any atom is -0.364 e. The summed E-state index contributed by atoms with van der Waals surface area (Å²) in [5.74, 6) is 2.98. The van der Waals surface area contributed by atoms with E-state index in [9.17, 15) is 10.1 Å². The lowest BCUT2D eigenvalue weighted by Gasteiger charge is -2.45. The van der Waals surface area contributed by atoms with Crippen LogP contribution in [0.4, 0.5) is 17.5 Å². The molecule has 2 aliphatic carbocycles. The SMILES string of the molecule is Cc1ccccc1CNc1ncc([N+](=O)[O-])c(NC[C@@H]2CC3C[C@H](C2)[C@@H](N)[C@H](C)C3)n1. The van der Waals surface area contributed by atoms with Crippen LogP contribution in [0.25, 0.3) is 0 Å². The van der Waals surface area contributed by atoms with Crippen LogP contribution in [0.2, 0.25) is 0 Å². The fourth-order valence-electron chi connectivity index (χ4n) is 5.39. The van der Waals surface area contributed by atoms with E-state index in [1.165, 1.54) is 24.6 Å². The molecule has 0 radical (unpaired) electrons. The molecule has 0 aliphatic heterocycles. The van der Waals surface area contributed by atoms with Crippen molar-refractivity contribution in [2.45, 2.75) is 52.1 Å². The lowest BCUT2D eigenvalue weighted by Crippen LogP contribution is -2.46. The van der Waals surface area contributed by atoms with Gasteiger partial charge in [-0.05, 0) is 67.4 Å². The number of nitro groups is 1. The van der Waals surface area contributed by atoms with Gasteiger partial charge in [0.05, 0.1) is 4.92 Å². The van der Waals surface area contributed by atoms with Crippen LogP contribution in [0.15, 0.2) is 30.5 Å². The van der Waals surface area contributed by atoms with Crippen molar-refractivity contribution in [1.29, 1.82) is 0 Å². The van der Waals surface area contributed by atoms with E-state index in [4.69, 9.17) is 5.73 Å². The fourth-order valence-corrected chi connectivity index (χ4v) is 5.39. The summed E-state index contributed by atoms with van der Waals surface area (Å²) in [4.78, 5) is 19.6. The molecule has 166 valence electrons. The van der Waals surface area contributed by atoms with Gasteiger partial charge in [-0.1, -0.05) is 31.2 Å². The van der Waals surface area contributed by atoms with Gasteiger partial charge in [0.1, 0.15) is 6.20 Å². The number of fused-ring (bicyclic) bond motifs is 2. The van der Waals surface area contributed by atoms with Gasteiger partial charge < -0.3 is 16.4 Å². The first kappa shape index (κ1) is 21.5. The molecule has 1 aromatic carbocycles. The number of nitrogens with two attached hydrogens (primary N) is 1. The molecule has 8 heteroatoms. The van der Waals surface area contributed by atoms with E-state index < -0.39 is 4.92 Å². The average molecular weight is 425 g/mol. The number of aryl methyl sites for hydroxylation is 1. The van der Waals surface area contributed by atoms with Crippen molar-refractivity contribution in [2.75, 3.05) is 17.2 Å². The topological polar surface area (TPSA) is 119 Å². The van der Waals surface area contributed by atoms with Crippen molar-refractivity contribution >= 4 is 17.5 Å². The second-order valence-electron chi connectivity index (χ2n) is 9.34. The molecule has 2 saturated carbocycles. The first-order chi connectivity index (χ1) is 14.9. The summed E-state index contributed by atoms with van der Waals surface area (Å²) in [5.41, 5.74) is 8.65. The third kappa shape index (κ3) is 4.95. The molecule has 1 aromatic heterocycles. The van der Waals surface area contributed by atoms with Crippen molar-refractivity contribution in [1.82, 2.24) is 9.97 Å². The normalized spacial score (nSPS) is 27.5. The highest BCUT2D eigenvalue weighted by atomic mass is 16.6. The van der Waals surface area contributed by atoms with E-state index in [0.717, 1.165) is 18.4 Å². The maximum atomic E-state index is 11.5. The molecule has 2 aromatic rings. The molecule has 5 atom stereocenters. The van der Waals surface area contributed by atoms with Crippen molar-refractivity contribution in [3.63, 3.8) is 0 Å². The van der Waals surface area contributed by atoms with Gasteiger partial charge in [-0.3, -0.25) is 10.1 Å². The first-order valence-corrected chi connectivity index (χ1v) is 11.2. The van der Waals surface area contributed by atoms with Crippen LogP contribution in [-0.4, -0.2) is 27.5 Å². The second kappa shape index (κ2) is 9.18. The third-order valence-corrected chi connectivity index (χ3v) is 7.07. The molecule has 31 heavy (non-hydrogen) atoms. The van der Waals surface area contributed by atoms with E-state index in [1.807, 2.05) is 31.2 Å². The fraction of sp³-hybridized carbons (Fsp3) is 0.565. The summed E-state index contributed by atoms with van der Waals surface area (Å²) in [5, 5.41) is 17.9. The van der Waals surface area contributed by atoms with Crippen LogP contribution in [0, 0.1) is 40.7 Å². The Morgan fingerprint density at radius 3 is 2.77 bits per heavy atom. The zero-order valence-electron chi connectivity index (χ0n) is 18.3. The molecule has 2 bridgehead atoms. The first-order valence-electron chi connectivity index (χ1n) is 11.2. The van der Waals surface area contributed by atoms with Crippen molar-refractivity contribution < 1.29 is 4.92 Å². The van der Waals surface area contributed by atoms with Crippen LogP contribution < -0.4 is 16.4 Å². The van der Waals surface area contributed by atoms with Crippen LogP contribution >= 0.6 is 0 Å². The molecule has 2 fully saturated rings. The molecule has 0 amide bonds. The number of aromatic nitrogens is 2. The van der Waals surface area contributed by atoms with Gasteiger partial charge in [0, 0.05) is 19.1 Å². The van der Waals surface area contributed by atoms with E-state index >= 15 is 0 Å². The Balaban J connectivity index is 1.42. The molecule has 4 rings (SSSR count). The summed E-state index contributed by atoms with van der Waals surface area (Å²) in [6, 6.07) is 8.34. The van der Waals surface area contributed by atoms with Gasteiger partial charge in [-0.15, -0.1) is 0 Å². The van der Waals surface area contributed by atoms with E-state index in [2.05, 4.69) is 27.5 Å². The van der Waals surface area contributed by atoms with E-state index in [-0.39, 0.29) is 17.5 Å². The zero-order valence-corrected chi connectivity index (χ0v) is 18.3. The van der Waals surface area contributed by atoms with Crippen molar-refractivity contribution in [2.24, 2.45) is 29.4 Å². The maximum Gasteiger partial charge on any atom is 0.329 e. The largest absolute Gasteiger partial charge is 0.364 e. The Bertz CT molecular complexity index is 934. The van der Waals surface area contributed by atoms with E-state index in [0.29, 0.717) is 42.7 Å². The number of nitrogens with zero attached hydrogens (tertiary/aromatic N) is 3. The van der Waals surface area contributed by atoms with Crippen molar-refractivity contribution in [3.8, 4) is 0 Å². The lowest BCUT2D eigenvalue weighted by atomic mass is 9.63. The minimum atomic E-state index is -0.430. The van der Waals surface area contributed by atoms with Gasteiger partial charge in [0.15, 0.2) is 0 Å². The quantitative estimate of drug-likeness (QED) is 0.452. The molecule has 1 heterocycles. The minimum absolute atomic E-state index is 0.0947. The molecule has 0 saturated heterocycles. The highest BCUT2D eigenvalue weighted by Gasteiger charge is 2.39. The lowest BCUT2D eigenvalue weighted by molar-refractivity contribution is -0.384. The maximum absolute atomic E-state index is 11.5. The van der Waals surface area contributed by atoms with Gasteiger partial charge >= 0.3 is 5.69 Å². The number of rotatable bonds is 7. The zero-order chi connectivity index (χ0) is 22.0. The number of benzene rings is 1. The Hall–Kier alpha value is -2.74. The molecular formula is C23H32N6O2. The highest BCUT2D eigenvalue weighted by Crippen LogP contribution is 2.44. The molecule has 1 unspecified atom stereocenters. The van der Waals surface area contributed by atoms with Crippen LogP contribution in [0.3, 0.4) is 0 Å². The van der Waals surface area contributed by atoms with Crippen LogP contribution in [-0.2, 0) is 6.54 Å². The van der Waals surface area contributed by atoms with Crippen LogP contribution in [0.5, 0.6) is 0 Å². The predicted octanol–water partition coefficient (Wildman–Crippen LogP) is 4.12. The Morgan fingerprint density at radius 1 is 1.19 bits per heavy atom. The monoisotopic (exact) mass is 424 g/mol. The van der Waals surface area contributed by atoms with Gasteiger partial charge in [-0.2, -0.15) is 4.98 Å². The Morgan fingerprint density at radius 2 is 2.00 bits per heavy atom. The summed E-state index contributed by atoms with van der Waals surface area (Å²) in [6.45, 7) is 5.54. The number of nitrogens with one attached hydrogen (secondary N) is 2. The summed E-state index contributed by atoms with van der Waals surface area (Å²) in [7, 11) is 0. The van der Waals surface area contributed by atoms with Crippen molar-refractivity contribution in [3.05, 3.63) is 51.7 Å². The van der Waals surface area contributed by atoms with Gasteiger partial charge in [0.2, 0.25) is 11.8 Å². The molecule has 0 spiro atoms. The molecule has 4 N–H and O–H groups in total. The van der Waals surface area contributed by atoms with Gasteiger partial charge in [0.25, 0.3) is 0 Å². The Labute approximate surface area is 183 Å². The number of anilines is 2. The molecule has 8 nitrogen and oxygen atoms in total. The average Bonchev–Trinajstić information content (AvgIpc) is 2.75. The van der Waals surface area contributed by atoms with E-state index in [1.54, 1.807) is 0 Å². The third-order valence-electron chi connectivity index (χ3n) is 7.07. The Kier molecular flexibility index (Phi) is 6.36. The summed E-state index contributed by atoms with van der Waals surface area (Å²) in [6.07, 6.45) is 5.92. The van der Waals surface area contributed by atoms with Crippen LogP contribution in [0.1, 0.15) is 43.7 Å². The summed E-state index contributed by atoms with van der Waals surface area (Å²) < 4.78 is 0. The highest BCUT2D eigenvalue weighted by molar-refractivity contribution is 5.57. The molecule has 2 aliphatic rings. The smallest absolute Gasteiger partial charge is 0.329 e. The number of hydrogen-bond donors (Lipinski definition) is 3. The predicted molar refractivity (Wildman–Crippen MR) is 122 cm³/mol. The van der Waals surface area contributed by atoms with Gasteiger partial charge in [-0.25, -0.2) is 4.98 Å².